The Morgan fingerprint density at radius 3 is 1.39 bits per heavy atom. The largest absolute Gasteiger partial charge is 0.325 e. The molecule has 2 aromatic rings. The summed E-state index contributed by atoms with van der Waals surface area (Å²) < 4.78 is 0. The zero-order valence-electron chi connectivity index (χ0n) is 18.9. The summed E-state index contributed by atoms with van der Waals surface area (Å²) in [5.74, 6) is 0.673. The average Bonchev–Trinajstić information content (AvgIpc) is 2.96. The van der Waals surface area contributed by atoms with Crippen LogP contribution in [-0.2, 0) is 0 Å². The minimum Gasteiger partial charge on any atom is -0.325 e. The SMILES string of the molecule is CC[C@H](C)CC1N(c2c(C)cc(C)cc2C)C=CN1c1c(C)cc(C)cc1C. The molecule has 1 aliphatic rings. The van der Waals surface area contributed by atoms with E-state index in [0.29, 0.717) is 12.1 Å². The zero-order chi connectivity index (χ0) is 20.6. The summed E-state index contributed by atoms with van der Waals surface area (Å²) in [5.41, 5.74) is 10.8. The van der Waals surface area contributed by atoms with E-state index in [0.717, 1.165) is 6.42 Å². The van der Waals surface area contributed by atoms with Crippen molar-refractivity contribution in [2.24, 2.45) is 5.92 Å². The van der Waals surface area contributed by atoms with Crippen LogP contribution in [0.4, 0.5) is 11.4 Å². The second kappa shape index (κ2) is 8.03. The third-order valence-electron chi connectivity index (χ3n) is 6.13. The van der Waals surface area contributed by atoms with Gasteiger partial charge in [0.1, 0.15) is 6.17 Å². The second-order valence-corrected chi connectivity index (χ2v) is 8.84. The van der Waals surface area contributed by atoms with Gasteiger partial charge < -0.3 is 9.80 Å². The third-order valence-corrected chi connectivity index (χ3v) is 6.13. The van der Waals surface area contributed by atoms with Gasteiger partial charge in [-0.1, -0.05) is 55.7 Å². The Labute approximate surface area is 171 Å². The van der Waals surface area contributed by atoms with Gasteiger partial charge in [-0.25, -0.2) is 0 Å². The lowest BCUT2D eigenvalue weighted by atomic mass is 9.98. The van der Waals surface area contributed by atoms with Crippen LogP contribution < -0.4 is 9.80 Å². The monoisotopic (exact) mass is 376 g/mol. The Hall–Kier alpha value is -2.22. The zero-order valence-corrected chi connectivity index (χ0v) is 18.9. The van der Waals surface area contributed by atoms with Gasteiger partial charge in [0.05, 0.1) is 0 Å². The number of anilines is 2. The highest BCUT2D eigenvalue weighted by molar-refractivity contribution is 5.70. The molecule has 2 aromatic carbocycles. The summed E-state index contributed by atoms with van der Waals surface area (Å²) in [4.78, 5) is 5.02. The first-order chi connectivity index (χ1) is 13.2. The Balaban J connectivity index is 2.08. The highest BCUT2D eigenvalue weighted by Crippen LogP contribution is 2.39. The van der Waals surface area contributed by atoms with Gasteiger partial charge in [0.2, 0.25) is 0 Å². The van der Waals surface area contributed by atoms with Gasteiger partial charge in [0.25, 0.3) is 0 Å². The van der Waals surface area contributed by atoms with Gasteiger partial charge >= 0.3 is 0 Å². The molecule has 3 rings (SSSR count). The molecule has 1 atom stereocenters. The highest BCUT2D eigenvalue weighted by Gasteiger charge is 2.32. The van der Waals surface area contributed by atoms with Gasteiger partial charge in [-0.3, -0.25) is 0 Å². The van der Waals surface area contributed by atoms with Crippen LogP contribution in [0, 0.1) is 47.5 Å². The van der Waals surface area contributed by atoms with Crippen LogP contribution in [0.2, 0.25) is 0 Å². The maximum atomic E-state index is 2.51. The van der Waals surface area contributed by atoms with E-state index in [1.807, 2.05) is 0 Å². The summed E-state index contributed by atoms with van der Waals surface area (Å²) in [7, 11) is 0. The van der Waals surface area contributed by atoms with Crippen LogP contribution in [0.15, 0.2) is 36.7 Å². The fourth-order valence-electron chi connectivity index (χ4n) is 4.84. The van der Waals surface area contributed by atoms with Gasteiger partial charge in [0.15, 0.2) is 0 Å². The number of hydrogen-bond acceptors (Lipinski definition) is 2. The summed E-state index contributed by atoms with van der Waals surface area (Å²) >= 11 is 0. The topological polar surface area (TPSA) is 6.48 Å². The molecule has 0 aromatic heterocycles. The molecule has 2 heteroatoms. The lowest BCUT2D eigenvalue weighted by Crippen LogP contribution is -2.41. The van der Waals surface area contributed by atoms with Crippen molar-refractivity contribution in [3.63, 3.8) is 0 Å². The lowest BCUT2D eigenvalue weighted by Gasteiger charge is -2.37. The molecule has 150 valence electrons. The quantitative estimate of drug-likeness (QED) is 0.549. The minimum atomic E-state index is 0.315. The Morgan fingerprint density at radius 2 is 1.07 bits per heavy atom. The van der Waals surface area contributed by atoms with Crippen molar-refractivity contribution in [1.82, 2.24) is 0 Å². The molecule has 0 radical (unpaired) electrons. The van der Waals surface area contributed by atoms with E-state index in [9.17, 15) is 0 Å². The van der Waals surface area contributed by atoms with Crippen LogP contribution >= 0.6 is 0 Å². The van der Waals surface area contributed by atoms with Gasteiger partial charge in [0, 0.05) is 23.8 Å². The molecule has 28 heavy (non-hydrogen) atoms. The van der Waals surface area contributed by atoms with E-state index in [-0.39, 0.29) is 0 Å². The van der Waals surface area contributed by atoms with Crippen molar-refractivity contribution < 1.29 is 0 Å². The standard InChI is InChI=1S/C26H36N2/c1-9-17(2)16-24-27(25-20(5)12-18(3)13-21(25)6)10-11-28(24)26-22(7)14-19(4)15-23(26)8/h10-15,17,24H,9,16H2,1-8H3/t17-/m0/s1. The van der Waals surface area contributed by atoms with Crippen molar-refractivity contribution >= 4 is 11.4 Å². The lowest BCUT2D eigenvalue weighted by molar-refractivity contribution is 0.455. The molecule has 0 bridgehead atoms. The first kappa shape index (κ1) is 20.5. The van der Waals surface area contributed by atoms with E-state index in [1.165, 1.54) is 51.2 Å². The predicted molar refractivity (Wildman–Crippen MR) is 123 cm³/mol. The highest BCUT2D eigenvalue weighted by atomic mass is 15.4. The second-order valence-electron chi connectivity index (χ2n) is 8.84. The van der Waals surface area contributed by atoms with Crippen LogP contribution in [0.3, 0.4) is 0 Å². The molecule has 2 nitrogen and oxygen atoms in total. The van der Waals surface area contributed by atoms with Crippen LogP contribution in [0.5, 0.6) is 0 Å². The summed E-state index contributed by atoms with van der Waals surface area (Å²) in [5, 5.41) is 0. The molecule has 0 saturated carbocycles. The Morgan fingerprint density at radius 1 is 0.714 bits per heavy atom. The van der Waals surface area contributed by atoms with E-state index in [1.54, 1.807) is 0 Å². The van der Waals surface area contributed by atoms with Gasteiger partial charge in [-0.2, -0.15) is 0 Å². The first-order valence-corrected chi connectivity index (χ1v) is 10.6. The van der Waals surface area contributed by atoms with Crippen molar-refractivity contribution in [3.05, 3.63) is 70.0 Å². The molecular formula is C26H36N2. The molecule has 0 unspecified atom stereocenters. The van der Waals surface area contributed by atoms with Crippen LogP contribution in [0.1, 0.15) is 60.1 Å². The molecule has 0 N–H and O–H groups in total. The van der Waals surface area contributed by atoms with E-state index in [4.69, 9.17) is 0 Å². The normalized spacial score (nSPS) is 15.6. The molecule has 0 spiro atoms. The number of aryl methyl sites for hydroxylation is 6. The maximum Gasteiger partial charge on any atom is 0.110 e. The summed E-state index contributed by atoms with van der Waals surface area (Å²) in [6.45, 7) is 18.0. The molecule has 0 fully saturated rings. The molecule has 0 aliphatic carbocycles. The minimum absolute atomic E-state index is 0.315. The fraction of sp³-hybridized carbons (Fsp3) is 0.462. The van der Waals surface area contributed by atoms with Crippen molar-refractivity contribution in [3.8, 4) is 0 Å². The van der Waals surface area contributed by atoms with Crippen molar-refractivity contribution in [2.45, 2.75) is 74.4 Å². The summed E-state index contributed by atoms with van der Waals surface area (Å²) in [6.07, 6.45) is 7.24. The predicted octanol–water partition coefficient (Wildman–Crippen LogP) is 7.10. The molecular weight excluding hydrogens is 340 g/mol. The smallest absolute Gasteiger partial charge is 0.110 e. The molecule has 0 saturated heterocycles. The first-order valence-electron chi connectivity index (χ1n) is 10.6. The molecule has 0 amide bonds. The van der Waals surface area contributed by atoms with E-state index >= 15 is 0 Å². The fourth-order valence-corrected chi connectivity index (χ4v) is 4.84. The Kier molecular flexibility index (Phi) is 5.88. The number of hydrogen-bond donors (Lipinski definition) is 0. The summed E-state index contributed by atoms with van der Waals surface area (Å²) in [6, 6.07) is 9.23. The molecule has 1 aliphatic heterocycles. The van der Waals surface area contributed by atoms with Crippen molar-refractivity contribution in [1.29, 1.82) is 0 Å². The van der Waals surface area contributed by atoms with Gasteiger partial charge in [-0.05, 0) is 76.1 Å². The van der Waals surface area contributed by atoms with Gasteiger partial charge in [-0.15, -0.1) is 0 Å². The van der Waals surface area contributed by atoms with E-state index in [2.05, 4.69) is 102 Å². The van der Waals surface area contributed by atoms with Crippen LogP contribution in [-0.4, -0.2) is 6.17 Å². The number of rotatable bonds is 5. The Bertz CT molecular complexity index is 780. The third kappa shape index (κ3) is 3.83. The maximum absolute atomic E-state index is 2.51. The number of benzene rings is 2. The van der Waals surface area contributed by atoms with Crippen LogP contribution in [0.25, 0.3) is 0 Å². The van der Waals surface area contributed by atoms with E-state index < -0.39 is 0 Å². The average molecular weight is 377 g/mol. The molecule has 1 heterocycles. The van der Waals surface area contributed by atoms with Crippen molar-refractivity contribution in [2.75, 3.05) is 9.80 Å². The number of nitrogens with zero attached hydrogens (tertiary/aromatic N) is 2.